The molecular weight excluding hydrogens is 374 g/mol. The Morgan fingerprint density at radius 3 is 2.69 bits per heavy atom. The number of hydrogen-bond donors (Lipinski definition) is 3. The van der Waals surface area contributed by atoms with E-state index >= 15 is 0 Å². The Bertz CT molecular complexity index is 841. The summed E-state index contributed by atoms with van der Waals surface area (Å²) in [6, 6.07) is 11.5. The van der Waals surface area contributed by atoms with Crippen LogP contribution in [0.1, 0.15) is 18.1 Å². The first-order chi connectivity index (χ1) is 14.2. The third kappa shape index (κ3) is 5.68. The van der Waals surface area contributed by atoms with Crippen LogP contribution in [0.25, 0.3) is 0 Å². The average Bonchev–Trinajstić information content (AvgIpc) is 3.22. The van der Waals surface area contributed by atoms with E-state index in [9.17, 15) is 0 Å². The Balaban J connectivity index is 1.62. The monoisotopic (exact) mass is 401 g/mol. The van der Waals surface area contributed by atoms with Crippen molar-refractivity contribution in [2.45, 2.75) is 20.0 Å². The first-order valence-electron chi connectivity index (χ1n) is 9.54. The molecule has 156 valence electrons. The quantitative estimate of drug-likeness (QED) is 0.437. The van der Waals surface area contributed by atoms with Crippen LogP contribution in [-0.4, -0.2) is 44.7 Å². The maximum absolute atomic E-state index is 8.91. The molecular formula is C21H27N3O5. The number of benzene rings is 2. The van der Waals surface area contributed by atoms with E-state index in [1.165, 1.54) is 0 Å². The molecule has 8 heteroatoms. The average molecular weight is 401 g/mol. The van der Waals surface area contributed by atoms with Gasteiger partial charge < -0.3 is 34.7 Å². The molecule has 1 heterocycles. The number of rotatable bonds is 9. The van der Waals surface area contributed by atoms with Gasteiger partial charge in [-0.05, 0) is 42.3 Å². The first-order valence-corrected chi connectivity index (χ1v) is 9.54. The number of methoxy groups -OCH3 is 1. The van der Waals surface area contributed by atoms with Crippen molar-refractivity contribution in [2.75, 3.05) is 33.7 Å². The summed E-state index contributed by atoms with van der Waals surface area (Å²) in [6.07, 6.45) is 0. The van der Waals surface area contributed by atoms with Crippen LogP contribution >= 0.6 is 0 Å². The zero-order chi connectivity index (χ0) is 20.5. The Kier molecular flexibility index (Phi) is 7.40. The highest BCUT2D eigenvalue weighted by Crippen LogP contribution is 2.32. The van der Waals surface area contributed by atoms with Gasteiger partial charge in [0.2, 0.25) is 6.79 Å². The van der Waals surface area contributed by atoms with Gasteiger partial charge in [0.1, 0.15) is 6.61 Å². The van der Waals surface area contributed by atoms with E-state index in [1.54, 1.807) is 7.11 Å². The lowest BCUT2D eigenvalue weighted by Crippen LogP contribution is -2.36. The van der Waals surface area contributed by atoms with Crippen LogP contribution in [-0.2, 0) is 13.1 Å². The molecule has 3 N–H and O–H groups in total. The molecule has 0 unspecified atom stereocenters. The summed E-state index contributed by atoms with van der Waals surface area (Å²) < 4.78 is 21.6. The summed E-state index contributed by atoms with van der Waals surface area (Å²) in [5.41, 5.74) is 2.06. The van der Waals surface area contributed by atoms with Crippen molar-refractivity contribution < 1.29 is 24.1 Å². The minimum atomic E-state index is -0.0433. The molecule has 3 rings (SSSR count). The maximum atomic E-state index is 8.91. The van der Waals surface area contributed by atoms with Gasteiger partial charge in [0, 0.05) is 13.1 Å². The number of fused-ring (bicyclic) bond motifs is 1. The van der Waals surface area contributed by atoms with Crippen LogP contribution in [0.4, 0.5) is 0 Å². The van der Waals surface area contributed by atoms with Crippen LogP contribution in [0.2, 0.25) is 0 Å². The number of aliphatic hydroxyl groups excluding tert-OH is 1. The molecule has 29 heavy (non-hydrogen) atoms. The number of ether oxygens (including phenoxy) is 4. The van der Waals surface area contributed by atoms with Crippen molar-refractivity contribution in [1.82, 2.24) is 10.6 Å². The number of hydrogen-bond acceptors (Lipinski definition) is 6. The fourth-order valence-corrected chi connectivity index (χ4v) is 2.83. The Morgan fingerprint density at radius 1 is 1.07 bits per heavy atom. The molecule has 0 saturated carbocycles. The molecule has 8 nitrogen and oxygen atoms in total. The highest BCUT2D eigenvalue weighted by Gasteiger charge is 2.13. The molecule has 0 saturated heterocycles. The topological polar surface area (TPSA) is 93.6 Å². The SMILES string of the molecule is CCNC(=NCc1ccc2c(c1)OCO2)NCc1ccc(OCCO)c(OC)c1. The molecule has 1 aliphatic rings. The molecule has 0 aromatic heterocycles. The van der Waals surface area contributed by atoms with Crippen LogP contribution in [0.3, 0.4) is 0 Å². The van der Waals surface area contributed by atoms with Crippen molar-refractivity contribution in [2.24, 2.45) is 4.99 Å². The van der Waals surface area contributed by atoms with Crippen LogP contribution in [0, 0.1) is 0 Å². The van der Waals surface area contributed by atoms with Crippen LogP contribution in [0.5, 0.6) is 23.0 Å². The molecule has 1 aliphatic heterocycles. The Labute approximate surface area is 170 Å². The lowest BCUT2D eigenvalue weighted by molar-refractivity contribution is 0.174. The highest BCUT2D eigenvalue weighted by atomic mass is 16.7. The first kappa shape index (κ1) is 20.6. The van der Waals surface area contributed by atoms with E-state index in [2.05, 4.69) is 15.6 Å². The van der Waals surface area contributed by atoms with E-state index in [-0.39, 0.29) is 20.0 Å². The van der Waals surface area contributed by atoms with Gasteiger partial charge in [0.05, 0.1) is 20.3 Å². The third-order valence-corrected chi connectivity index (χ3v) is 4.24. The van der Waals surface area contributed by atoms with Gasteiger partial charge in [-0.2, -0.15) is 0 Å². The summed E-state index contributed by atoms with van der Waals surface area (Å²) in [7, 11) is 1.59. The van der Waals surface area contributed by atoms with Crippen molar-refractivity contribution in [1.29, 1.82) is 0 Å². The van der Waals surface area contributed by atoms with Gasteiger partial charge in [-0.25, -0.2) is 4.99 Å². The molecule has 0 aliphatic carbocycles. The number of nitrogens with one attached hydrogen (secondary N) is 2. The van der Waals surface area contributed by atoms with Crippen molar-refractivity contribution in [3.8, 4) is 23.0 Å². The second-order valence-corrected chi connectivity index (χ2v) is 6.29. The molecule has 0 fully saturated rings. The zero-order valence-electron chi connectivity index (χ0n) is 16.7. The molecule has 2 aromatic rings. The summed E-state index contributed by atoms with van der Waals surface area (Å²) in [5, 5.41) is 15.5. The molecule has 0 radical (unpaired) electrons. The Hall–Kier alpha value is -3.13. The standard InChI is InChI=1S/C21H27N3O5/c1-3-22-21(24-13-16-5-7-18-20(11-16)29-14-28-18)23-12-15-4-6-17(27-9-8-25)19(10-15)26-2/h4-7,10-11,25H,3,8-9,12-14H2,1-2H3,(H2,22,23,24). The van der Waals surface area contributed by atoms with Gasteiger partial charge in [0.15, 0.2) is 29.0 Å². The summed E-state index contributed by atoms with van der Waals surface area (Å²) in [6.45, 7) is 4.31. The van der Waals surface area contributed by atoms with Crippen molar-refractivity contribution >= 4 is 5.96 Å². The van der Waals surface area contributed by atoms with E-state index in [0.717, 1.165) is 29.2 Å². The highest BCUT2D eigenvalue weighted by molar-refractivity contribution is 5.79. The van der Waals surface area contributed by atoms with E-state index in [0.29, 0.717) is 30.5 Å². The number of aliphatic hydroxyl groups is 1. The van der Waals surface area contributed by atoms with E-state index in [1.807, 2.05) is 43.3 Å². The van der Waals surface area contributed by atoms with Crippen LogP contribution < -0.4 is 29.6 Å². The molecule has 0 atom stereocenters. The maximum Gasteiger partial charge on any atom is 0.231 e. The van der Waals surface area contributed by atoms with Gasteiger partial charge in [-0.1, -0.05) is 12.1 Å². The Morgan fingerprint density at radius 2 is 1.90 bits per heavy atom. The number of nitrogens with zero attached hydrogens (tertiary/aromatic N) is 1. The molecule has 0 amide bonds. The fraction of sp³-hybridized carbons (Fsp3) is 0.381. The minimum Gasteiger partial charge on any atom is -0.493 e. The van der Waals surface area contributed by atoms with Gasteiger partial charge in [-0.15, -0.1) is 0 Å². The molecule has 2 aromatic carbocycles. The van der Waals surface area contributed by atoms with Crippen molar-refractivity contribution in [3.63, 3.8) is 0 Å². The van der Waals surface area contributed by atoms with E-state index in [4.69, 9.17) is 24.1 Å². The predicted molar refractivity (Wildman–Crippen MR) is 110 cm³/mol. The fourth-order valence-electron chi connectivity index (χ4n) is 2.83. The number of aliphatic imine (C=N–C) groups is 1. The van der Waals surface area contributed by atoms with Gasteiger partial charge >= 0.3 is 0 Å². The largest absolute Gasteiger partial charge is 0.493 e. The van der Waals surface area contributed by atoms with Gasteiger partial charge in [-0.3, -0.25) is 0 Å². The lowest BCUT2D eigenvalue weighted by atomic mass is 10.2. The second kappa shape index (κ2) is 10.4. The predicted octanol–water partition coefficient (Wildman–Crippen LogP) is 2.05. The third-order valence-electron chi connectivity index (χ3n) is 4.24. The summed E-state index contributed by atoms with van der Waals surface area (Å²) in [5.74, 6) is 3.47. The number of guanidine groups is 1. The minimum absolute atomic E-state index is 0.0433. The normalized spacial score (nSPS) is 12.6. The van der Waals surface area contributed by atoms with E-state index < -0.39 is 0 Å². The smallest absolute Gasteiger partial charge is 0.231 e. The molecule has 0 spiro atoms. The summed E-state index contributed by atoms with van der Waals surface area (Å²) in [4.78, 5) is 4.64. The van der Waals surface area contributed by atoms with Crippen molar-refractivity contribution in [3.05, 3.63) is 47.5 Å². The zero-order valence-corrected chi connectivity index (χ0v) is 16.7. The molecule has 0 bridgehead atoms. The summed E-state index contributed by atoms with van der Waals surface area (Å²) >= 11 is 0. The lowest BCUT2D eigenvalue weighted by Gasteiger charge is -2.14. The van der Waals surface area contributed by atoms with Gasteiger partial charge in [0.25, 0.3) is 0 Å². The van der Waals surface area contributed by atoms with Crippen LogP contribution in [0.15, 0.2) is 41.4 Å². The second-order valence-electron chi connectivity index (χ2n) is 6.29.